The predicted molar refractivity (Wildman–Crippen MR) is 99.1 cm³/mol. The summed E-state index contributed by atoms with van der Waals surface area (Å²) in [6.45, 7) is 4.03. The smallest absolute Gasteiger partial charge is 0.259 e. The minimum absolute atomic E-state index is 0.0429. The molecule has 144 valence electrons. The first-order valence-electron chi connectivity index (χ1n) is 9.19. The average Bonchev–Trinajstić information content (AvgIpc) is 2.84. The Morgan fingerprint density at radius 1 is 1.31 bits per heavy atom. The number of amides is 1. The van der Waals surface area contributed by atoms with Gasteiger partial charge < -0.3 is 14.5 Å². The highest BCUT2D eigenvalue weighted by Crippen LogP contribution is 2.22. The maximum absolute atomic E-state index is 12.8. The lowest BCUT2D eigenvalue weighted by molar-refractivity contribution is 0.0757. The Balaban J connectivity index is 1.52. The molecule has 2 fully saturated rings. The van der Waals surface area contributed by atoms with Crippen LogP contribution in [0.4, 0.5) is 0 Å². The maximum Gasteiger partial charge on any atom is 0.259 e. The van der Waals surface area contributed by atoms with E-state index in [0.717, 1.165) is 38.9 Å². The quantitative estimate of drug-likeness (QED) is 0.759. The van der Waals surface area contributed by atoms with E-state index in [1.165, 1.54) is 7.11 Å². The SMILES string of the molecule is COc1ncccc1C(=O)N1CCCN(CCC2CCS(=O)(=O)C2)CC1. The molecule has 1 aromatic heterocycles. The molecule has 26 heavy (non-hydrogen) atoms. The van der Waals surface area contributed by atoms with E-state index in [1.807, 2.05) is 4.90 Å². The van der Waals surface area contributed by atoms with Crippen LogP contribution >= 0.6 is 0 Å². The number of carbonyl (C=O) groups is 1. The lowest BCUT2D eigenvalue weighted by Gasteiger charge is -2.23. The Labute approximate surface area is 155 Å². The van der Waals surface area contributed by atoms with Gasteiger partial charge in [-0.3, -0.25) is 4.79 Å². The standard InChI is InChI=1S/C18H27N3O4S/c1-25-17-16(4-2-7-19-17)18(22)21-9-3-8-20(11-12-21)10-5-15-6-13-26(23,24)14-15/h2,4,7,15H,3,5-6,8-14H2,1H3. The molecule has 3 rings (SSSR count). The third kappa shape index (κ3) is 4.73. The molecule has 2 saturated heterocycles. The summed E-state index contributed by atoms with van der Waals surface area (Å²) in [7, 11) is -1.28. The van der Waals surface area contributed by atoms with Crippen molar-refractivity contribution in [2.75, 3.05) is 51.3 Å². The first-order valence-corrected chi connectivity index (χ1v) is 11.0. The first kappa shape index (κ1) is 19.1. The topological polar surface area (TPSA) is 79.8 Å². The van der Waals surface area contributed by atoms with Crippen molar-refractivity contribution in [1.29, 1.82) is 0 Å². The molecule has 0 aromatic carbocycles. The van der Waals surface area contributed by atoms with Gasteiger partial charge in [0.1, 0.15) is 5.56 Å². The van der Waals surface area contributed by atoms with Gasteiger partial charge in [0.2, 0.25) is 5.88 Å². The molecule has 3 heterocycles. The summed E-state index contributed by atoms with van der Waals surface area (Å²) in [5.41, 5.74) is 0.500. The molecule has 0 aliphatic carbocycles. The first-order chi connectivity index (χ1) is 12.5. The van der Waals surface area contributed by atoms with Gasteiger partial charge in [-0.05, 0) is 50.4 Å². The van der Waals surface area contributed by atoms with Crippen molar-refractivity contribution in [3.8, 4) is 5.88 Å². The van der Waals surface area contributed by atoms with E-state index in [9.17, 15) is 13.2 Å². The van der Waals surface area contributed by atoms with E-state index >= 15 is 0 Å². The Morgan fingerprint density at radius 3 is 2.88 bits per heavy atom. The molecule has 0 radical (unpaired) electrons. The second-order valence-corrected chi connectivity index (χ2v) is 9.33. The van der Waals surface area contributed by atoms with Crippen LogP contribution in [-0.2, 0) is 9.84 Å². The van der Waals surface area contributed by atoms with E-state index in [-0.39, 0.29) is 5.91 Å². The zero-order chi connectivity index (χ0) is 18.6. The molecule has 0 spiro atoms. The lowest BCUT2D eigenvalue weighted by atomic mass is 10.1. The van der Waals surface area contributed by atoms with Gasteiger partial charge >= 0.3 is 0 Å². The largest absolute Gasteiger partial charge is 0.480 e. The fourth-order valence-electron chi connectivity index (χ4n) is 3.75. The Hall–Kier alpha value is -1.67. The molecule has 0 bridgehead atoms. The minimum Gasteiger partial charge on any atom is -0.480 e. The van der Waals surface area contributed by atoms with Crippen molar-refractivity contribution in [2.45, 2.75) is 19.3 Å². The molecule has 7 nitrogen and oxygen atoms in total. The minimum atomic E-state index is -2.80. The monoisotopic (exact) mass is 381 g/mol. The van der Waals surface area contributed by atoms with Crippen LogP contribution < -0.4 is 4.74 Å². The van der Waals surface area contributed by atoms with Crippen molar-refractivity contribution in [3.63, 3.8) is 0 Å². The number of nitrogens with zero attached hydrogens (tertiary/aromatic N) is 3. The number of aromatic nitrogens is 1. The number of hydrogen-bond donors (Lipinski definition) is 0. The predicted octanol–water partition coefficient (Wildman–Crippen LogP) is 1.06. The van der Waals surface area contributed by atoms with Crippen LogP contribution in [0.25, 0.3) is 0 Å². The van der Waals surface area contributed by atoms with Crippen LogP contribution in [0.3, 0.4) is 0 Å². The summed E-state index contributed by atoms with van der Waals surface area (Å²) in [6, 6.07) is 3.49. The fourth-order valence-corrected chi connectivity index (χ4v) is 5.66. The van der Waals surface area contributed by atoms with Crippen LogP contribution in [0.2, 0.25) is 0 Å². The van der Waals surface area contributed by atoms with Crippen LogP contribution in [0, 0.1) is 5.92 Å². The molecule has 1 aromatic rings. The molecular weight excluding hydrogens is 354 g/mol. The van der Waals surface area contributed by atoms with Gasteiger partial charge in [-0.15, -0.1) is 0 Å². The number of rotatable bonds is 5. The average molecular weight is 381 g/mol. The van der Waals surface area contributed by atoms with Gasteiger partial charge in [0.15, 0.2) is 9.84 Å². The van der Waals surface area contributed by atoms with Gasteiger partial charge in [0.25, 0.3) is 5.91 Å². The number of sulfone groups is 1. The van der Waals surface area contributed by atoms with E-state index in [4.69, 9.17) is 4.74 Å². The highest BCUT2D eigenvalue weighted by atomic mass is 32.2. The van der Waals surface area contributed by atoms with Gasteiger partial charge in [0.05, 0.1) is 18.6 Å². The van der Waals surface area contributed by atoms with Crippen molar-refractivity contribution in [3.05, 3.63) is 23.9 Å². The van der Waals surface area contributed by atoms with Gasteiger partial charge in [-0.2, -0.15) is 0 Å². The number of carbonyl (C=O) groups excluding carboxylic acids is 1. The number of ether oxygens (including phenoxy) is 1. The van der Waals surface area contributed by atoms with E-state index in [2.05, 4.69) is 9.88 Å². The molecular formula is C18H27N3O4S. The van der Waals surface area contributed by atoms with Crippen LogP contribution in [0.1, 0.15) is 29.6 Å². The van der Waals surface area contributed by atoms with E-state index < -0.39 is 9.84 Å². The van der Waals surface area contributed by atoms with Gasteiger partial charge in [0, 0.05) is 25.8 Å². The molecule has 2 aliphatic heterocycles. The van der Waals surface area contributed by atoms with Gasteiger partial charge in [-0.1, -0.05) is 0 Å². The normalized spacial score (nSPS) is 23.6. The van der Waals surface area contributed by atoms with Crippen LogP contribution in [-0.4, -0.2) is 80.4 Å². The third-order valence-electron chi connectivity index (χ3n) is 5.25. The fraction of sp³-hybridized carbons (Fsp3) is 0.667. The number of pyridine rings is 1. The lowest BCUT2D eigenvalue weighted by Crippen LogP contribution is -2.36. The molecule has 2 aliphatic rings. The summed E-state index contributed by atoms with van der Waals surface area (Å²) in [5.74, 6) is 1.29. The molecule has 8 heteroatoms. The van der Waals surface area contributed by atoms with Crippen molar-refractivity contribution >= 4 is 15.7 Å². The number of hydrogen-bond acceptors (Lipinski definition) is 6. The zero-order valence-corrected chi connectivity index (χ0v) is 16.1. The second-order valence-electron chi connectivity index (χ2n) is 7.11. The summed E-state index contributed by atoms with van der Waals surface area (Å²) >= 11 is 0. The molecule has 0 N–H and O–H groups in total. The molecule has 1 unspecified atom stereocenters. The van der Waals surface area contributed by atoms with Crippen molar-refractivity contribution < 1.29 is 17.9 Å². The maximum atomic E-state index is 12.8. The third-order valence-corrected chi connectivity index (χ3v) is 7.09. The van der Waals surface area contributed by atoms with Crippen LogP contribution in [0.15, 0.2) is 18.3 Å². The molecule has 0 saturated carbocycles. The molecule has 1 atom stereocenters. The summed E-state index contributed by atoms with van der Waals surface area (Å²) < 4.78 is 28.4. The second kappa shape index (κ2) is 8.35. The zero-order valence-electron chi connectivity index (χ0n) is 15.3. The summed E-state index contributed by atoms with van der Waals surface area (Å²) in [6.07, 6.45) is 4.24. The Morgan fingerprint density at radius 2 is 2.15 bits per heavy atom. The van der Waals surface area contributed by atoms with Gasteiger partial charge in [-0.25, -0.2) is 13.4 Å². The number of methoxy groups -OCH3 is 1. The highest BCUT2D eigenvalue weighted by Gasteiger charge is 2.28. The van der Waals surface area contributed by atoms with Crippen LogP contribution in [0.5, 0.6) is 5.88 Å². The van der Waals surface area contributed by atoms with Crippen molar-refractivity contribution in [1.82, 2.24) is 14.8 Å². The molecule has 1 amide bonds. The van der Waals surface area contributed by atoms with E-state index in [1.54, 1.807) is 18.3 Å². The summed E-state index contributed by atoms with van der Waals surface area (Å²) in [4.78, 5) is 21.1. The highest BCUT2D eigenvalue weighted by molar-refractivity contribution is 7.91. The van der Waals surface area contributed by atoms with E-state index in [0.29, 0.717) is 42.0 Å². The Bertz CT molecular complexity index is 738. The van der Waals surface area contributed by atoms with Crippen molar-refractivity contribution in [2.24, 2.45) is 5.92 Å². The Kier molecular flexibility index (Phi) is 6.13. The summed E-state index contributed by atoms with van der Waals surface area (Å²) in [5, 5.41) is 0.